The number of aromatic nitrogens is 4. The van der Waals surface area contributed by atoms with E-state index in [1.165, 1.54) is 0 Å². The predicted molar refractivity (Wildman–Crippen MR) is 65.9 cm³/mol. The maximum atomic E-state index is 8.75. The summed E-state index contributed by atoms with van der Waals surface area (Å²) < 4.78 is 1.74. The zero-order valence-corrected chi connectivity index (χ0v) is 9.83. The molecule has 0 N–H and O–H groups in total. The fourth-order valence-electron chi connectivity index (χ4n) is 1.66. The largest absolute Gasteiger partial charge is 0.265 e. The van der Waals surface area contributed by atoms with Crippen LogP contribution in [0.2, 0.25) is 5.15 Å². The Bertz CT molecular complexity index is 754. The lowest BCUT2D eigenvalue weighted by Gasteiger charge is -1.99. The molecule has 3 rings (SSSR count). The van der Waals surface area contributed by atoms with Crippen LogP contribution in [0.15, 0.2) is 36.7 Å². The van der Waals surface area contributed by atoms with E-state index in [-0.39, 0.29) is 0 Å². The molecule has 3 aromatic rings. The van der Waals surface area contributed by atoms with Crippen LogP contribution >= 0.6 is 11.6 Å². The molecule has 18 heavy (non-hydrogen) atoms. The second-order valence-electron chi connectivity index (χ2n) is 3.65. The lowest BCUT2D eigenvalue weighted by atomic mass is 10.1. The molecule has 0 aliphatic carbocycles. The maximum absolute atomic E-state index is 8.75. The van der Waals surface area contributed by atoms with Crippen molar-refractivity contribution in [3.05, 3.63) is 47.4 Å². The van der Waals surface area contributed by atoms with Gasteiger partial charge in [-0.25, -0.2) is 4.98 Å². The highest BCUT2D eigenvalue weighted by molar-refractivity contribution is 6.29. The SMILES string of the molecule is N#Cc1ccc(-c2nnc3cc(Cl)ncn23)cc1. The van der Waals surface area contributed by atoms with E-state index < -0.39 is 0 Å². The van der Waals surface area contributed by atoms with Gasteiger partial charge < -0.3 is 0 Å². The van der Waals surface area contributed by atoms with Gasteiger partial charge in [-0.2, -0.15) is 5.26 Å². The number of benzene rings is 1. The van der Waals surface area contributed by atoms with Gasteiger partial charge in [0.25, 0.3) is 0 Å². The van der Waals surface area contributed by atoms with E-state index in [0.717, 1.165) is 5.56 Å². The zero-order chi connectivity index (χ0) is 12.5. The molecule has 5 nitrogen and oxygen atoms in total. The topological polar surface area (TPSA) is 66.9 Å². The molecule has 0 fully saturated rings. The Hall–Kier alpha value is -2.45. The third kappa shape index (κ3) is 1.69. The number of fused-ring (bicyclic) bond motifs is 1. The molecule has 0 saturated heterocycles. The quantitative estimate of drug-likeness (QED) is 0.626. The monoisotopic (exact) mass is 255 g/mol. The van der Waals surface area contributed by atoms with Crippen LogP contribution in [0.3, 0.4) is 0 Å². The normalized spacial score (nSPS) is 10.4. The molecule has 6 heteroatoms. The molecule has 0 saturated carbocycles. The van der Waals surface area contributed by atoms with E-state index in [1.54, 1.807) is 28.9 Å². The van der Waals surface area contributed by atoms with Crippen LogP contribution in [0.4, 0.5) is 0 Å². The summed E-state index contributed by atoms with van der Waals surface area (Å²) in [5.74, 6) is 0.665. The third-order valence-corrected chi connectivity index (χ3v) is 2.75. The van der Waals surface area contributed by atoms with Gasteiger partial charge in [0.05, 0.1) is 11.6 Å². The Morgan fingerprint density at radius 2 is 1.94 bits per heavy atom. The number of rotatable bonds is 1. The summed E-state index contributed by atoms with van der Waals surface area (Å²) in [6, 6.07) is 10.8. The van der Waals surface area contributed by atoms with Crippen molar-refractivity contribution in [3.8, 4) is 17.5 Å². The van der Waals surface area contributed by atoms with Gasteiger partial charge in [-0.05, 0) is 24.3 Å². The Kier molecular flexibility index (Phi) is 2.43. The molecule has 0 aliphatic rings. The van der Waals surface area contributed by atoms with Gasteiger partial charge in [0, 0.05) is 11.6 Å². The minimum atomic E-state index is 0.376. The Labute approximate surface area is 107 Å². The average Bonchev–Trinajstić information content (AvgIpc) is 2.81. The zero-order valence-electron chi connectivity index (χ0n) is 9.08. The first-order valence-corrected chi connectivity index (χ1v) is 5.52. The highest BCUT2D eigenvalue weighted by Gasteiger charge is 2.08. The standard InChI is InChI=1S/C12H6ClN5/c13-10-5-11-16-17-12(18(11)7-15-10)9-3-1-8(6-14)2-4-9/h1-5,7H. The molecule has 1 aromatic carbocycles. The average molecular weight is 256 g/mol. The lowest BCUT2D eigenvalue weighted by molar-refractivity contribution is 1.08. The second kappa shape index (κ2) is 4.09. The van der Waals surface area contributed by atoms with Crippen molar-refractivity contribution in [2.45, 2.75) is 0 Å². The molecule has 86 valence electrons. The van der Waals surface area contributed by atoms with Crippen LogP contribution in [0.25, 0.3) is 17.0 Å². The molecule has 0 unspecified atom stereocenters. The Balaban J connectivity index is 2.16. The molecule has 0 aliphatic heterocycles. The van der Waals surface area contributed by atoms with Crippen molar-refractivity contribution < 1.29 is 0 Å². The summed E-state index contributed by atoms with van der Waals surface area (Å²) in [6.45, 7) is 0. The van der Waals surface area contributed by atoms with E-state index in [0.29, 0.717) is 22.2 Å². The van der Waals surface area contributed by atoms with Gasteiger partial charge in [0.1, 0.15) is 11.5 Å². The van der Waals surface area contributed by atoms with Crippen molar-refractivity contribution in [2.75, 3.05) is 0 Å². The summed E-state index contributed by atoms with van der Waals surface area (Å²) >= 11 is 5.79. The van der Waals surface area contributed by atoms with E-state index in [4.69, 9.17) is 16.9 Å². The van der Waals surface area contributed by atoms with E-state index in [9.17, 15) is 0 Å². The molecule has 0 atom stereocenters. The number of hydrogen-bond donors (Lipinski definition) is 0. The van der Waals surface area contributed by atoms with Crippen LogP contribution in [-0.4, -0.2) is 19.6 Å². The highest BCUT2D eigenvalue weighted by Crippen LogP contribution is 2.19. The van der Waals surface area contributed by atoms with Gasteiger partial charge in [-0.15, -0.1) is 10.2 Å². The highest BCUT2D eigenvalue weighted by atomic mass is 35.5. The van der Waals surface area contributed by atoms with Crippen LogP contribution in [0.5, 0.6) is 0 Å². The first kappa shape index (κ1) is 10.7. The Morgan fingerprint density at radius 3 is 2.67 bits per heavy atom. The van der Waals surface area contributed by atoms with Crippen molar-refractivity contribution in [1.29, 1.82) is 5.26 Å². The van der Waals surface area contributed by atoms with Crippen molar-refractivity contribution in [1.82, 2.24) is 19.6 Å². The van der Waals surface area contributed by atoms with Crippen LogP contribution in [0, 0.1) is 11.3 Å². The lowest BCUT2D eigenvalue weighted by Crippen LogP contribution is -1.91. The first-order chi connectivity index (χ1) is 8.78. The molecule has 0 bridgehead atoms. The number of halogens is 1. The maximum Gasteiger partial charge on any atom is 0.169 e. The number of hydrogen-bond acceptors (Lipinski definition) is 4. The summed E-state index contributed by atoms with van der Waals surface area (Å²) in [6.07, 6.45) is 1.57. The second-order valence-corrected chi connectivity index (χ2v) is 4.04. The van der Waals surface area contributed by atoms with Gasteiger partial charge in [0.2, 0.25) is 0 Å². The van der Waals surface area contributed by atoms with Crippen molar-refractivity contribution >= 4 is 17.2 Å². The van der Waals surface area contributed by atoms with Crippen LogP contribution in [-0.2, 0) is 0 Å². The predicted octanol–water partition coefficient (Wildman–Crippen LogP) is 2.32. The van der Waals surface area contributed by atoms with Gasteiger partial charge >= 0.3 is 0 Å². The van der Waals surface area contributed by atoms with Gasteiger partial charge in [0.15, 0.2) is 11.5 Å². The van der Waals surface area contributed by atoms with Gasteiger partial charge in [-0.1, -0.05) is 11.6 Å². The molecule has 0 spiro atoms. The summed E-state index contributed by atoms with van der Waals surface area (Å²) in [5.41, 5.74) is 2.11. The minimum absolute atomic E-state index is 0.376. The summed E-state index contributed by atoms with van der Waals surface area (Å²) in [4.78, 5) is 4.00. The fraction of sp³-hybridized carbons (Fsp3) is 0. The molecule has 0 amide bonds. The van der Waals surface area contributed by atoms with Gasteiger partial charge in [-0.3, -0.25) is 4.40 Å². The van der Waals surface area contributed by atoms with Crippen LogP contribution in [0.1, 0.15) is 5.56 Å². The molecule has 0 radical (unpaired) electrons. The minimum Gasteiger partial charge on any atom is -0.265 e. The summed E-state index contributed by atoms with van der Waals surface area (Å²) in [5, 5.41) is 17.2. The Morgan fingerprint density at radius 1 is 1.17 bits per heavy atom. The molecule has 2 heterocycles. The number of nitriles is 1. The summed E-state index contributed by atoms with van der Waals surface area (Å²) in [7, 11) is 0. The third-order valence-electron chi connectivity index (χ3n) is 2.54. The first-order valence-electron chi connectivity index (χ1n) is 5.15. The van der Waals surface area contributed by atoms with Crippen LogP contribution < -0.4 is 0 Å². The number of nitrogens with zero attached hydrogens (tertiary/aromatic N) is 5. The van der Waals surface area contributed by atoms with Crippen molar-refractivity contribution in [3.63, 3.8) is 0 Å². The van der Waals surface area contributed by atoms with E-state index >= 15 is 0 Å². The van der Waals surface area contributed by atoms with Crippen molar-refractivity contribution in [2.24, 2.45) is 0 Å². The molecular formula is C12H6ClN5. The fourth-order valence-corrected chi connectivity index (χ4v) is 1.80. The smallest absolute Gasteiger partial charge is 0.169 e. The van der Waals surface area contributed by atoms with E-state index in [2.05, 4.69) is 21.3 Å². The van der Waals surface area contributed by atoms with E-state index in [1.807, 2.05) is 12.1 Å². The molecule has 2 aromatic heterocycles. The molecular weight excluding hydrogens is 250 g/mol.